The van der Waals surface area contributed by atoms with Crippen LogP contribution in [0.25, 0.3) is 11.1 Å². The Hall–Kier alpha value is -7.46. The van der Waals surface area contributed by atoms with Crippen LogP contribution in [0.4, 0.5) is 0 Å². The number of carbonyl (C=O) groups is 6. The van der Waals surface area contributed by atoms with Gasteiger partial charge in [-0.05, 0) is 149 Å². The molecule has 8 rings (SSSR count). The molecule has 76 heavy (non-hydrogen) atoms. The number of ketones is 2. The Morgan fingerprint density at radius 3 is 0.961 bits per heavy atom. The lowest BCUT2D eigenvalue weighted by molar-refractivity contribution is -0.139. The van der Waals surface area contributed by atoms with Crippen LogP contribution in [-0.2, 0) is 44.9 Å². The van der Waals surface area contributed by atoms with E-state index in [0.717, 1.165) is 101 Å². The number of amides is 4. The molecule has 2 aliphatic rings. The molecule has 0 saturated carbocycles. The van der Waals surface area contributed by atoms with Gasteiger partial charge in [0.05, 0.1) is 0 Å². The lowest BCUT2D eigenvalue weighted by atomic mass is 9.96. The fourth-order valence-electron chi connectivity index (χ4n) is 11.0. The largest absolute Gasteiger partial charge is 0.352 e. The molecular formula is C66H74N4O6. The van der Waals surface area contributed by atoms with Crippen molar-refractivity contribution in [1.82, 2.24) is 20.4 Å². The van der Waals surface area contributed by atoms with Gasteiger partial charge >= 0.3 is 0 Å². The van der Waals surface area contributed by atoms with Gasteiger partial charge in [-0.15, -0.1) is 0 Å². The molecular weight excluding hydrogens is 945 g/mol. The van der Waals surface area contributed by atoms with Crippen LogP contribution in [0.1, 0.15) is 133 Å². The van der Waals surface area contributed by atoms with Crippen LogP contribution in [0, 0.1) is 0 Å². The lowest BCUT2D eigenvalue weighted by Gasteiger charge is -2.35. The van der Waals surface area contributed by atoms with Gasteiger partial charge in [-0.2, -0.15) is 0 Å². The van der Waals surface area contributed by atoms with E-state index < -0.39 is 35.5 Å². The number of carbonyl (C=O) groups excluding carboxylic acids is 6. The highest BCUT2D eigenvalue weighted by molar-refractivity contribution is 6.43. The van der Waals surface area contributed by atoms with Gasteiger partial charge in [0.25, 0.3) is 11.8 Å². The molecule has 394 valence electrons. The molecule has 0 aromatic heterocycles. The molecule has 0 bridgehead atoms. The molecule has 6 aromatic carbocycles. The Morgan fingerprint density at radius 1 is 0.382 bits per heavy atom. The molecule has 0 radical (unpaired) electrons. The summed E-state index contributed by atoms with van der Waals surface area (Å²) in [6.07, 6.45) is 14.5. The highest BCUT2D eigenvalue weighted by atomic mass is 16.2. The van der Waals surface area contributed by atoms with Crippen LogP contribution >= 0.6 is 0 Å². The average molecular weight is 1020 g/mol. The maximum atomic E-state index is 14.1. The molecule has 2 fully saturated rings. The second kappa shape index (κ2) is 28.4. The second-order valence-corrected chi connectivity index (χ2v) is 20.8. The zero-order chi connectivity index (χ0) is 52.9. The molecule has 2 heterocycles. The first kappa shape index (κ1) is 54.8. The summed E-state index contributed by atoms with van der Waals surface area (Å²) in [6, 6.07) is 53.3. The number of likely N-dealkylation sites (tertiary alicyclic amines) is 2. The molecule has 10 nitrogen and oxygen atoms in total. The van der Waals surface area contributed by atoms with E-state index in [1.807, 2.05) is 72.8 Å². The Morgan fingerprint density at radius 2 is 0.671 bits per heavy atom. The molecule has 4 amide bonds. The third-order valence-electron chi connectivity index (χ3n) is 15.3. The first-order valence-corrected chi connectivity index (χ1v) is 27.9. The fraction of sp³-hybridized carbons (Fsp3) is 0.364. The Labute approximate surface area is 449 Å². The van der Waals surface area contributed by atoms with E-state index in [0.29, 0.717) is 38.8 Å². The third kappa shape index (κ3) is 15.8. The monoisotopic (exact) mass is 1020 g/mol. The summed E-state index contributed by atoms with van der Waals surface area (Å²) in [5.74, 6) is -3.11. The van der Waals surface area contributed by atoms with E-state index in [1.165, 1.54) is 32.1 Å². The van der Waals surface area contributed by atoms with E-state index in [4.69, 9.17) is 0 Å². The van der Waals surface area contributed by atoms with E-state index in [2.05, 4.69) is 59.2 Å². The average Bonchev–Trinajstić information content (AvgIpc) is 3.47. The maximum absolute atomic E-state index is 14.1. The van der Waals surface area contributed by atoms with Crippen molar-refractivity contribution in [3.8, 4) is 11.1 Å². The standard InChI is InChI=1S/C66H74N4O6/c71-61(65(75)69-47-15-13-37-59(69)63(73)67-57(33-17-29-49-21-5-1-6-22-49)34-18-30-50-23-7-2-8-24-50)55-43-39-53(40-44-55)54-41-45-56(46-42-54)62(72)66(76)70-48-16-14-38-60(70)64(74)68-58(35-19-31-51-25-9-3-10-26-51)36-20-32-52-27-11-4-12-28-52/h1-12,21-28,39-46,57-60H,13-20,29-38,47-48H2,(H,67,73)(H,68,74)/t59-,60-/m0/s1. The van der Waals surface area contributed by atoms with Crippen LogP contribution in [0.3, 0.4) is 0 Å². The molecule has 0 aliphatic carbocycles. The van der Waals surface area contributed by atoms with Crippen molar-refractivity contribution in [2.45, 2.75) is 140 Å². The van der Waals surface area contributed by atoms with Gasteiger partial charge in [-0.1, -0.05) is 170 Å². The Kier molecular flexibility index (Phi) is 20.5. The normalized spacial score (nSPS) is 15.6. The zero-order valence-electron chi connectivity index (χ0n) is 44.0. The number of hydrogen-bond acceptors (Lipinski definition) is 6. The highest BCUT2D eigenvalue weighted by Gasteiger charge is 2.38. The van der Waals surface area contributed by atoms with Crippen LogP contribution in [0.2, 0.25) is 0 Å². The van der Waals surface area contributed by atoms with Gasteiger partial charge < -0.3 is 20.4 Å². The molecule has 0 unspecified atom stereocenters. The van der Waals surface area contributed by atoms with Crippen molar-refractivity contribution in [2.75, 3.05) is 13.1 Å². The lowest BCUT2D eigenvalue weighted by Crippen LogP contribution is -2.55. The predicted octanol–water partition coefficient (Wildman–Crippen LogP) is 11.5. The van der Waals surface area contributed by atoms with Gasteiger partial charge in [0, 0.05) is 36.3 Å². The van der Waals surface area contributed by atoms with Crippen LogP contribution < -0.4 is 10.6 Å². The van der Waals surface area contributed by atoms with E-state index in [-0.39, 0.29) is 35.0 Å². The summed E-state index contributed by atoms with van der Waals surface area (Å²) in [4.78, 5) is 86.6. The first-order chi connectivity index (χ1) is 37.2. The minimum atomic E-state index is -0.727. The molecule has 2 N–H and O–H groups in total. The third-order valence-corrected chi connectivity index (χ3v) is 15.3. The van der Waals surface area contributed by atoms with E-state index >= 15 is 0 Å². The minimum absolute atomic E-state index is 0.0602. The molecule has 2 saturated heterocycles. The second-order valence-electron chi connectivity index (χ2n) is 20.8. The molecule has 0 spiro atoms. The minimum Gasteiger partial charge on any atom is -0.352 e. The van der Waals surface area contributed by atoms with Crippen molar-refractivity contribution in [1.29, 1.82) is 0 Å². The predicted molar refractivity (Wildman–Crippen MR) is 301 cm³/mol. The Bertz CT molecular complexity index is 2520. The molecule has 2 atom stereocenters. The summed E-state index contributed by atoms with van der Waals surface area (Å²) < 4.78 is 0. The SMILES string of the molecule is O=C(C(=O)N1CCCC[C@H]1C(=O)NC(CCCc1ccccc1)CCCc1ccccc1)c1ccc(-c2ccc(C(=O)C(=O)N3CCCC[C@H]3C(=O)NC(CCCc3ccccc3)CCCc3ccccc3)cc2)cc1. The number of nitrogens with zero attached hydrogens (tertiary/aromatic N) is 2. The molecule has 6 aromatic rings. The van der Waals surface area contributed by atoms with Crippen molar-refractivity contribution in [2.24, 2.45) is 0 Å². The smallest absolute Gasteiger partial charge is 0.295 e. The fourth-order valence-corrected chi connectivity index (χ4v) is 11.0. The number of rotatable bonds is 25. The highest BCUT2D eigenvalue weighted by Crippen LogP contribution is 2.26. The maximum Gasteiger partial charge on any atom is 0.295 e. The summed E-state index contributed by atoms with van der Waals surface area (Å²) >= 11 is 0. The number of piperidine rings is 2. The van der Waals surface area contributed by atoms with Crippen molar-refractivity contribution in [3.63, 3.8) is 0 Å². The van der Waals surface area contributed by atoms with E-state index in [9.17, 15) is 28.8 Å². The number of aryl methyl sites for hydroxylation is 4. The van der Waals surface area contributed by atoms with E-state index in [1.54, 1.807) is 48.5 Å². The van der Waals surface area contributed by atoms with Crippen molar-refractivity contribution < 1.29 is 28.8 Å². The van der Waals surface area contributed by atoms with Gasteiger partial charge in [0.2, 0.25) is 23.4 Å². The number of benzene rings is 6. The summed E-state index contributed by atoms with van der Waals surface area (Å²) in [7, 11) is 0. The van der Waals surface area contributed by atoms with Crippen molar-refractivity contribution >= 4 is 35.2 Å². The summed E-state index contributed by atoms with van der Waals surface area (Å²) in [5, 5.41) is 6.62. The summed E-state index contributed by atoms with van der Waals surface area (Å²) in [6.45, 7) is 0.663. The molecule has 2 aliphatic heterocycles. The van der Waals surface area contributed by atoms with Gasteiger partial charge in [-0.3, -0.25) is 28.8 Å². The number of Topliss-reactive ketones (excluding diaryl/α,β-unsaturated/α-hetero) is 2. The topological polar surface area (TPSA) is 133 Å². The van der Waals surface area contributed by atoms with Crippen LogP contribution in [-0.4, -0.2) is 82.3 Å². The summed E-state index contributed by atoms with van der Waals surface area (Å²) in [5.41, 5.74) is 7.00. The first-order valence-electron chi connectivity index (χ1n) is 27.9. The Balaban J connectivity index is 0.856. The van der Waals surface area contributed by atoms with Crippen LogP contribution in [0.15, 0.2) is 170 Å². The zero-order valence-corrected chi connectivity index (χ0v) is 44.0. The number of nitrogens with one attached hydrogen (secondary N) is 2. The van der Waals surface area contributed by atoms with Gasteiger partial charge in [-0.25, -0.2) is 0 Å². The van der Waals surface area contributed by atoms with Crippen molar-refractivity contribution in [3.05, 3.63) is 203 Å². The number of hydrogen-bond donors (Lipinski definition) is 2. The van der Waals surface area contributed by atoms with Gasteiger partial charge in [0.15, 0.2) is 0 Å². The quantitative estimate of drug-likeness (QED) is 0.0433. The van der Waals surface area contributed by atoms with Gasteiger partial charge in [0.1, 0.15) is 12.1 Å². The van der Waals surface area contributed by atoms with Crippen LogP contribution in [0.5, 0.6) is 0 Å². The molecule has 10 heteroatoms.